The Morgan fingerprint density at radius 3 is 2.06 bits per heavy atom. The maximum absolute atomic E-state index is 12.8. The third kappa shape index (κ3) is 6.22. The third-order valence-electron chi connectivity index (χ3n) is 5.58. The van der Waals surface area contributed by atoms with Crippen LogP contribution in [0, 0.1) is 0 Å². The van der Waals surface area contributed by atoms with Crippen LogP contribution in [0.1, 0.15) is 60.7 Å². The van der Waals surface area contributed by atoms with Crippen LogP contribution in [0.4, 0.5) is 11.4 Å². The molecule has 33 heavy (non-hydrogen) atoms. The maximum Gasteiger partial charge on any atom is 0.262 e. The van der Waals surface area contributed by atoms with Gasteiger partial charge >= 0.3 is 0 Å². The minimum atomic E-state index is -0.229. The van der Waals surface area contributed by atoms with Crippen molar-refractivity contribution in [1.82, 2.24) is 0 Å². The summed E-state index contributed by atoms with van der Waals surface area (Å²) in [7, 11) is 0. The summed E-state index contributed by atoms with van der Waals surface area (Å²) in [5.41, 5.74) is 5.54. The van der Waals surface area contributed by atoms with Crippen molar-refractivity contribution in [3.8, 4) is 5.75 Å². The van der Waals surface area contributed by atoms with Gasteiger partial charge in [-0.05, 0) is 65.8 Å². The molecule has 0 aliphatic carbocycles. The minimum Gasteiger partial charge on any atom is -0.484 e. The molecule has 3 rings (SSSR count). The van der Waals surface area contributed by atoms with Gasteiger partial charge in [-0.25, -0.2) is 0 Å². The number of hydrogen-bond donors (Lipinski definition) is 2. The number of hydrogen-bond acceptors (Lipinski definition) is 3. The van der Waals surface area contributed by atoms with Gasteiger partial charge in [-0.15, -0.1) is 0 Å². The molecule has 0 bridgehead atoms. The van der Waals surface area contributed by atoms with Gasteiger partial charge < -0.3 is 15.4 Å². The van der Waals surface area contributed by atoms with Crippen molar-refractivity contribution in [1.29, 1.82) is 0 Å². The van der Waals surface area contributed by atoms with Crippen molar-refractivity contribution < 1.29 is 14.3 Å². The highest BCUT2D eigenvalue weighted by Crippen LogP contribution is 2.25. The molecule has 0 saturated heterocycles. The van der Waals surface area contributed by atoms with Gasteiger partial charge in [0.25, 0.3) is 11.8 Å². The number of anilines is 2. The number of ether oxygens (including phenoxy) is 1. The van der Waals surface area contributed by atoms with E-state index in [1.54, 1.807) is 24.3 Å². The van der Waals surface area contributed by atoms with Crippen LogP contribution < -0.4 is 15.4 Å². The lowest BCUT2D eigenvalue weighted by Crippen LogP contribution is -2.21. The minimum absolute atomic E-state index is 0.109. The first-order chi connectivity index (χ1) is 15.9. The zero-order valence-corrected chi connectivity index (χ0v) is 19.8. The molecule has 0 spiro atoms. The standard InChI is InChI=1S/C28H32N2O3/c1-5-20-10-9-11-21(6-2)27(20)30-28(32)22-14-16-23(17-15-22)33-18-26(31)29-25-13-8-7-12-24(25)19(3)4/h7-17,19H,5-6,18H2,1-4H3,(H,29,31)(H,30,32). The van der Waals surface area contributed by atoms with Gasteiger partial charge in [-0.1, -0.05) is 64.1 Å². The lowest BCUT2D eigenvalue weighted by atomic mass is 10.0. The predicted molar refractivity (Wildman–Crippen MR) is 134 cm³/mol. The molecule has 2 N–H and O–H groups in total. The Morgan fingerprint density at radius 2 is 1.45 bits per heavy atom. The number of para-hydroxylation sites is 2. The summed E-state index contributed by atoms with van der Waals surface area (Å²) in [5, 5.41) is 5.98. The number of aryl methyl sites for hydroxylation is 2. The summed E-state index contributed by atoms with van der Waals surface area (Å²) in [6.07, 6.45) is 1.69. The van der Waals surface area contributed by atoms with E-state index in [0.717, 1.165) is 40.9 Å². The Hall–Kier alpha value is -3.60. The fraction of sp³-hybridized carbons (Fsp3) is 0.286. The van der Waals surface area contributed by atoms with Crippen molar-refractivity contribution in [3.63, 3.8) is 0 Å². The molecule has 5 nitrogen and oxygen atoms in total. The summed E-state index contributed by atoms with van der Waals surface area (Å²) in [5.74, 6) is 0.439. The van der Waals surface area contributed by atoms with Gasteiger partial charge in [0.2, 0.25) is 0 Å². The highest BCUT2D eigenvalue weighted by Gasteiger charge is 2.13. The molecule has 0 unspecified atom stereocenters. The largest absolute Gasteiger partial charge is 0.484 e. The average Bonchev–Trinajstić information content (AvgIpc) is 2.83. The zero-order chi connectivity index (χ0) is 23.8. The summed E-state index contributed by atoms with van der Waals surface area (Å²) in [6, 6.07) is 20.7. The molecule has 0 fully saturated rings. The van der Waals surface area contributed by atoms with Crippen LogP contribution in [-0.2, 0) is 17.6 Å². The second-order valence-electron chi connectivity index (χ2n) is 8.22. The number of benzene rings is 3. The monoisotopic (exact) mass is 444 g/mol. The van der Waals surface area contributed by atoms with Gasteiger partial charge in [0.05, 0.1) is 0 Å². The van der Waals surface area contributed by atoms with Crippen molar-refractivity contribution in [3.05, 3.63) is 89.0 Å². The van der Waals surface area contributed by atoms with E-state index in [2.05, 4.69) is 38.3 Å². The van der Waals surface area contributed by atoms with Gasteiger partial charge in [-0.2, -0.15) is 0 Å². The van der Waals surface area contributed by atoms with Crippen LogP contribution in [0.5, 0.6) is 5.75 Å². The molecular weight excluding hydrogens is 412 g/mol. The van der Waals surface area contributed by atoms with Gasteiger partial charge in [0.1, 0.15) is 5.75 Å². The number of carbonyl (C=O) groups excluding carboxylic acids is 2. The van der Waals surface area contributed by atoms with E-state index < -0.39 is 0 Å². The van der Waals surface area contributed by atoms with Crippen LogP contribution >= 0.6 is 0 Å². The fourth-order valence-corrected chi connectivity index (χ4v) is 3.74. The average molecular weight is 445 g/mol. The maximum atomic E-state index is 12.8. The zero-order valence-electron chi connectivity index (χ0n) is 19.8. The van der Waals surface area contributed by atoms with E-state index in [9.17, 15) is 9.59 Å². The molecule has 5 heteroatoms. The Bertz CT molecular complexity index is 1080. The second kappa shape index (κ2) is 11.3. The number of amides is 2. The van der Waals surface area contributed by atoms with E-state index >= 15 is 0 Å². The lowest BCUT2D eigenvalue weighted by Gasteiger charge is -2.15. The summed E-state index contributed by atoms with van der Waals surface area (Å²) in [4.78, 5) is 25.2. The first-order valence-corrected chi connectivity index (χ1v) is 11.5. The van der Waals surface area contributed by atoms with Crippen molar-refractivity contribution in [2.75, 3.05) is 17.2 Å². The van der Waals surface area contributed by atoms with E-state index in [-0.39, 0.29) is 18.4 Å². The summed E-state index contributed by atoms with van der Waals surface area (Å²) < 4.78 is 5.62. The summed E-state index contributed by atoms with van der Waals surface area (Å²) in [6.45, 7) is 8.22. The number of carbonyl (C=O) groups is 2. The first kappa shape index (κ1) is 24.1. The van der Waals surface area contributed by atoms with Crippen molar-refractivity contribution >= 4 is 23.2 Å². The lowest BCUT2D eigenvalue weighted by molar-refractivity contribution is -0.118. The quantitative estimate of drug-likeness (QED) is 0.413. The molecule has 0 aliphatic heterocycles. The number of nitrogens with one attached hydrogen (secondary N) is 2. The predicted octanol–water partition coefficient (Wildman–Crippen LogP) is 6.20. The SMILES string of the molecule is CCc1cccc(CC)c1NC(=O)c1ccc(OCC(=O)Nc2ccccc2C(C)C)cc1. The Kier molecular flexibility index (Phi) is 8.25. The Morgan fingerprint density at radius 1 is 0.818 bits per heavy atom. The van der Waals surface area contributed by atoms with E-state index in [1.807, 2.05) is 42.5 Å². The fourth-order valence-electron chi connectivity index (χ4n) is 3.74. The van der Waals surface area contributed by atoms with Crippen molar-refractivity contribution in [2.45, 2.75) is 46.5 Å². The van der Waals surface area contributed by atoms with Gasteiger partial charge in [-0.3, -0.25) is 9.59 Å². The van der Waals surface area contributed by atoms with Crippen LogP contribution in [-0.4, -0.2) is 18.4 Å². The van der Waals surface area contributed by atoms with Crippen LogP contribution in [0.25, 0.3) is 0 Å². The summed E-state index contributed by atoms with van der Waals surface area (Å²) >= 11 is 0. The molecule has 3 aromatic carbocycles. The highest BCUT2D eigenvalue weighted by molar-refractivity contribution is 6.05. The number of rotatable bonds is 9. The highest BCUT2D eigenvalue weighted by atomic mass is 16.5. The molecule has 0 atom stereocenters. The Balaban J connectivity index is 1.60. The van der Waals surface area contributed by atoms with Gasteiger partial charge in [0, 0.05) is 16.9 Å². The molecule has 0 heterocycles. The molecule has 0 saturated carbocycles. The van der Waals surface area contributed by atoms with Crippen molar-refractivity contribution in [2.24, 2.45) is 0 Å². The molecule has 2 amide bonds. The topological polar surface area (TPSA) is 67.4 Å². The first-order valence-electron chi connectivity index (χ1n) is 11.5. The molecule has 0 radical (unpaired) electrons. The second-order valence-corrected chi connectivity index (χ2v) is 8.22. The molecular formula is C28H32N2O3. The normalized spacial score (nSPS) is 10.7. The van der Waals surface area contributed by atoms with E-state index in [0.29, 0.717) is 17.2 Å². The molecule has 0 aromatic heterocycles. The van der Waals surface area contributed by atoms with E-state index in [4.69, 9.17) is 4.74 Å². The molecule has 0 aliphatic rings. The third-order valence-corrected chi connectivity index (χ3v) is 5.58. The van der Waals surface area contributed by atoms with E-state index in [1.165, 1.54) is 0 Å². The smallest absolute Gasteiger partial charge is 0.262 e. The molecule has 3 aromatic rings. The van der Waals surface area contributed by atoms with Crippen LogP contribution in [0.3, 0.4) is 0 Å². The van der Waals surface area contributed by atoms with Crippen LogP contribution in [0.15, 0.2) is 66.7 Å². The van der Waals surface area contributed by atoms with Gasteiger partial charge in [0.15, 0.2) is 6.61 Å². The Labute approximate surface area is 196 Å². The van der Waals surface area contributed by atoms with Crippen LogP contribution in [0.2, 0.25) is 0 Å². The molecule has 172 valence electrons.